The van der Waals surface area contributed by atoms with Gasteiger partial charge in [0.05, 0.1) is 41.5 Å². The molecule has 96 heavy (non-hydrogen) atoms. The molecule has 0 aromatic heterocycles. The largest absolute Gasteiger partial charge is 0.480 e. The number of epoxide rings is 1. The summed E-state index contributed by atoms with van der Waals surface area (Å²) in [6, 6.07) is 32.8. The first-order valence-electron chi connectivity index (χ1n) is 31.0. The number of alkyl carbamates (subject to hydrolysis) is 1. The molecule has 516 valence electrons. The molecule has 1 aliphatic carbocycles. The first kappa shape index (κ1) is 75.8. The fourth-order valence-corrected chi connectivity index (χ4v) is 13.6. The van der Waals surface area contributed by atoms with E-state index in [1.807, 2.05) is 99.6 Å². The Morgan fingerprint density at radius 3 is 2.17 bits per heavy atom. The summed E-state index contributed by atoms with van der Waals surface area (Å²) in [6.45, 7) is 7.83. The van der Waals surface area contributed by atoms with Crippen molar-refractivity contribution in [2.75, 3.05) is 57.6 Å². The average Bonchev–Trinajstić information content (AvgIpc) is 1.63. The molecule has 4 amide bonds. The number of esters is 2. The van der Waals surface area contributed by atoms with Crippen molar-refractivity contribution in [2.45, 2.75) is 114 Å². The van der Waals surface area contributed by atoms with Crippen molar-refractivity contribution in [2.24, 2.45) is 17.3 Å². The number of nitrogens with one attached hydrogen (secondary N) is 5. The molecule has 1 fully saturated rings. The van der Waals surface area contributed by atoms with Gasteiger partial charge in [-0.1, -0.05) is 157 Å². The third kappa shape index (κ3) is 23.6. The Balaban J connectivity index is 0.930. The smallest absolute Gasteiger partial charge is 0.469 e. The van der Waals surface area contributed by atoms with E-state index in [-0.39, 0.29) is 98.5 Å². The molecule has 0 radical (unpaired) electrons. The second kappa shape index (κ2) is 36.6. The molecular formula is C68H81ClN5O19PS2. The fraction of sp³-hybridized carbons (Fsp3) is 0.412. The third-order valence-electron chi connectivity index (χ3n) is 15.5. The minimum Gasteiger partial charge on any atom is -0.480 e. The number of fused-ring (bicyclic) bond motifs is 3. The van der Waals surface area contributed by atoms with Gasteiger partial charge in [0.15, 0.2) is 6.10 Å². The van der Waals surface area contributed by atoms with Crippen LogP contribution < -0.4 is 26.6 Å². The van der Waals surface area contributed by atoms with Crippen molar-refractivity contribution in [3.8, 4) is 11.1 Å². The number of carbonyl (C=O) groups excluding carboxylic acids is 7. The fourth-order valence-electron chi connectivity index (χ4n) is 10.6. The Kier molecular flexibility index (Phi) is 28.9. The Hall–Kier alpha value is -7.62. The zero-order valence-electron chi connectivity index (χ0n) is 53.9. The molecule has 0 saturated carbocycles. The highest BCUT2D eigenvalue weighted by atomic mass is 35.5. The van der Waals surface area contributed by atoms with Crippen molar-refractivity contribution < 1.29 is 90.8 Å². The molecule has 1 heterocycles. The van der Waals surface area contributed by atoms with E-state index < -0.39 is 92.7 Å². The van der Waals surface area contributed by atoms with Gasteiger partial charge in [0.1, 0.15) is 44.4 Å². The van der Waals surface area contributed by atoms with Gasteiger partial charge in [-0.05, 0) is 115 Å². The number of rotatable bonds is 38. The van der Waals surface area contributed by atoms with E-state index in [2.05, 4.69) is 31.1 Å². The summed E-state index contributed by atoms with van der Waals surface area (Å²) in [5.41, 5.74) is 5.97. The first-order valence-corrected chi connectivity index (χ1v) is 35.3. The van der Waals surface area contributed by atoms with E-state index in [0.29, 0.717) is 34.4 Å². The lowest BCUT2D eigenvalue weighted by Crippen LogP contribution is -2.49. The van der Waals surface area contributed by atoms with Gasteiger partial charge in [-0.3, -0.25) is 24.2 Å². The molecule has 7 unspecified atom stereocenters. The number of phosphoric ester groups is 1. The van der Waals surface area contributed by atoms with Crippen LogP contribution in [-0.4, -0.2) is 146 Å². The second-order valence-corrected chi connectivity index (χ2v) is 28.0. The molecule has 7 atom stereocenters. The molecule has 7 rings (SSSR count). The number of hydrogen-bond donors (Lipinski definition) is 8. The highest BCUT2D eigenvalue weighted by Gasteiger charge is 2.48. The summed E-state index contributed by atoms with van der Waals surface area (Å²) in [5.74, 6) is -4.41. The number of aldehydes is 1. The van der Waals surface area contributed by atoms with E-state index in [0.717, 1.165) is 27.8 Å². The maximum Gasteiger partial charge on any atom is 0.469 e. The lowest BCUT2D eigenvalue weighted by Gasteiger charge is -2.28. The molecule has 1 saturated heterocycles. The number of halogens is 1. The Labute approximate surface area is 570 Å². The van der Waals surface area contributed by atoms with Crippen LogP contribution in [0.5, 0.6) is 0 Å². The quantitative estimate of drug-likeness (QED) is 0.00266. The number of phosphoric acid groups is 1. The first-order chi connectivity index (χ1) is 45.8. The van der Waals surface area contributed by atoms with Gasteiger partial charge in [0, 0.05) is 42.0 Å². The Bertz CT molecular complexity index is 3550. The summed E-state index contributed by atoms with van der Waals surface area (Å²) in [4.78, 5) is 123. The number of carbonyl (C=O) groups is 8. The predicted molar refractivity (Wildman–Crippen MR) is 361 cm³/mol. The van der Waals surface area contributed by atoms with Crippen molar-refractivity contribution in [3.05, 3.63) is 166 Å². The van der Waals surface area contributed by atoms with Crippen molar-refractivity contribution in [1.82, 2.24) is 21.3 Å². The van der Waals surface area contributed by atoms with E-state index in [9.17, 15) is 48.0 Å². The number of anilines is 1. The van der Waals surface area contributed by atoms with Gasteiger partial charge in [-0.2, -0.15) is 0 Å². The lowest BCUT2D eigenvalue weighted by atomic mass is 9.93. The Morgan fingerprint density at radius 1 is 0.823 bits per heavy atom. The molecule has 8 N–H and O–H groups in total. The molecule has 1 aliphatic heterocycles. The third-order valence-corrected chi connectivity index (χ3v) is 18.8. The summed E-state index contributed by atoms with van der Waals surface area (Å²) >= 11 is 6.63. The van der Waals surface area contributed by atoms with Crippen LogP contribution >= 0.6 is 41.0 Å². The normalized spacial score (nSPS) is 15.8. The number of ether oxygens (including phenoxy) is 6. The van der Waals surface area contributed by atoms with Crippen molar-refractivity contribution >= 4 is 94.9 Å². The predicted octanol–water partition coefficient (Wildman–Crippen LogP) is 9.67. The number of hydrogen-bond acceptors (Lipinski definition) is 19. The zero-order chi connectivity index (χ0) is 69.5. The molecule has 2 aliphatic rings. The van der Waals surface area contributed by atoms with Gasteiger partial charge in [0.25, 0.3) is 0 Å². The molecule has 5 aromatic rings. The van der Waals surface area contributed by atoms with Gasteiger partial charge in [-0.25, -0.2) is 23.7 Å². The van der Waals surface area contributed by atoms with E-state index in [4.69, 9.17) is 49.8 Å². The van der Waals surface area contributed by atoms with Crippen LogP contribution in [0.4, 0.5) is 15.3 Å². The number of carboxylic acids is 1. The molecule has 24 nitrogen and oxygen atoms in total. The monoisotopic (exact) mass is 1400 g/mol. The minimum absolute atomic E-state index is 0.00173. The topological polar surface area (TPSA) is 342 Å². The van der Waals surface area contributed by atoms with Crippen molar-refractivity contribution in [1.29, 1.82) is 0 Å². The number of benzene rings is 5. The van der Waals surface area contributed by atoms with Crippen LogP contribution in [0.15, 0.2) is 132 Å². The second-order valence-electron chi connectivity index (χ2n) is 24.0. The number of aliphatic carboxylic acids is 1. The summed E-state index contributed by atoms with van der Waals surface area (Å²) < 4.78 is 50.3. The molecule has 0 bridgehead atoms. The van der Waals surface area contributed by atoms with Gasteiger partial charge in [0.2, 0.25) is 11.8 Å². The summed E-state index contributed by atoms with van der Waals surface area (Å²) in [7, 11) is -0.700. The maximum atomic E-state index is 13.9. The zero-order valence-corrected chi connectivity index (χ0v) is 57.2. The van der Waals surface area contributed by atoms with E-state index >= 15 is 0 Å². The highest BCUT2D eigenvalue weighted by molar-refractivity contribution is 8.76. The highest BCUT2D eigenvalue weighted by Crippen LogP contribution is 2.46. The van der Waals surface area contributed by atoms with E-state index in [1.165, 1.54) is 39.8 Å². The van der Waals surface area contributed by atoms with Crippen LogP contribution in [0, 0.1) is 17.3 Å². The lowest BCUT2D eigenvalue weighted by molar-refractivity contribution is -0.179. The van der Waals surface area contributed by atoms with Gasteiger partial charge >= 0.3 is 37.9 Å². The molecule has 5 aromatic carbocycles. The van der Waals surface area contributed by atoms with Gasteiger partial charge in [-0.15, -0.1) is 0 Å². The van der Waals surface area contributed by atoms with Gasteiger partial charge < -0.3 is 69.4 Å². The van der Waals surface area contributed by atoms with Crippen LogP contribution in [0.3, 0.4) is 0 Å². The van der Waals surface area contributed by atoms with Crippen LogP contribution in [0.2, 0.25) is 5.02 Å². The maximum absolute atomic E-state index is 13.9. The molecule has 0 spiro atoms. The Morgan fingerprint density at radius 2 is 1.51 bits per heavy atom. The summed E-state index contributed by atoms with van der Waals surface area (Å²) in [5, 5.41) is 22.7. The van der Waals surface area contributed by atoms with Crippen LogP contribution in [0.1, 0.15) is 92.9 Å². The van der Waals surface area contributed by atoms with Crippen molar-refractivity contribution in [3.63, 3.8) is 0 Å². The molecular weight excluding hydrogens is 1320 g/mol. The standard InChI is InChI=1S/C68H81ClN5O19PS2/c1-41(2)31-57(92-65(81)68(4,5)40-70-6)64(80)91-56(42(3)61-62(93-61)45-15-8-7-9-16-45)21-14-22-59(76)72-47(35-75)33-43-23-25-54(53(69)34-43)73-66(82)88-36-44-24-26-58(46(32-44)27-29-87-38-60(77)78)96-95-39-55(63(79)71-28-30-90-94(84,85)86)74-67(83)89-37-52-50-19-12-10-17-48(50)49-18-11-13-20-51(49)52/h7-20,22-26,32,34-35,41-42,47,52,55-57,61-62,70H,21,27-31,33,36-40H2,1-6H3,(H,71,79)(H,72,76)(H,73,82)(H,74,83)(H,77,78)(H2,84,85,86)/b22-14+. The van der Waals surface area contributed by atoms with Crippen LogP contribution in [-0.2, 0) is 85.7 Å². The van der Waals surface area contributed by atoms with Crippen LogP contribution in [0.25, 0.3) is 11.1 Å². The minimum atomic E-state index is -4.82. The molecule has 28 heteroatoms. The average molecular weight is 1400 g/mol. The number of carboxylic acid groups (broad SMARTS) is 1. The SMILES string of the molecule is CNCC(C)(C)C(=O)OC(CC(C)C)C(=O)OC(C/C=C/C(=O)NC(C=O)Cc1ccc(NC(=O)OCc2ccc(SSCC(NC(=O)OCC3c4ccccc4-c4ccccc43)C(=O)NCCOP(=O)(O)O)c(CCOCC(=O)O)c2)c(Cl)c1)C(C)C1OC1c1ccccc1. The number of amides is 4. The van der Waals surface area contributed by atoms with E-state index in [1.54, 1.807) is 51.2 Å². The summed E-state index contributed by atoms with van der Waals surface area (Å²) in [6.07, 6.45) is -0.378.